The van der Waals surface area contributed by atoms with E-state index in [0.717, 1.165) is 0 Å². The maximum atomic E-state index is 12.9. The molecular formula is C17H26N8O3S2. The van der Waals surface area contributed by atoms with Crippen LogP contribution in [0.5, 0.6) is 0 Å². The first-order chi connectivity index (χ1) is 14.4. The van der Waals surface area contributed by atoms with E-state index in [2.05, 4.69) is 37.4 Å². The maximum absolute atomic E-state index is 12.9. The van der Waals surface area contributed by atoms with E-state index in [0.29, 0.717) is 48.9 Å². The van der Waals surface area contributed by atoms with Crippen molar-refractivity contribution >= 4 is 45.2 Å². The molecule has 1 aliphatic rings. The van der Waals surface area contributed by atoms with Gasteiger partial charge in [0.25, 0.3) is 5.78 Å². The molecule has 164 valence electrons. The molecule has 1 fully saturated rings. The molecule has 2 aromatic heterocycles. The van der Waals surface area contributed by atoms with Crippen LogP contribution < -0.4 is 10.6 Å². The lowest BCUT2D eigenvalue weighted by Gasteiger charge is -2.26. The lowest BCUT2D eigenvalue weighted by molar-refractivity contribution is -0.129. The molecule has 0 saturated carbocycles. The van der Waals surface area contributed by atoms with E-state index in [1.54, 1.807) is 15.4 Å². The summed E-state index contributed by atoms with van der Waals surface area (Å²) in [6.45, 7) is 9.20. The van der Waals surface area contributed by atoms with Gasteiger partial charge in [-0.05, 0) is 20.3 Å². The van der Waals surface area contributed by atoms with E-state index in [1.807, 2.05) is 13.8 Å². The highest BCUT2D eigenvalue weighted by molar-refractivity contribution is 7.99. The number of anilines is 2. The van der Waals surface area contributed by atoms with Crippen molar-refractivity contribution in [3.8, 4) is 0 Å². The fourth-order valence-electron chi connectivity index (χ4n) is 3.22. The number of carbonyl (C=O) groups is 1. The molecule has 0 radical (unpaired) electrons. The lowest BCUT2D eigenvalue weighted by atomic mass is 10.2. The van der Waals surface area contributed by atoms with E-state index in [1.165, 1.54) is 11.8 Å². The first-order valence-corrected chi connectivity index (χ1v) is 12.5. The van der Waals surface area contributed by atoms with Crippen LogP contribution in [-0.2, 0) is 14.6 Å². The Morgan fingerprint density at radius 2 is 2.07 bits per heavy atom. The third kappa shape index (κ3) is 5.01. The largest absolute Gasteiger partial charge is 0.355 e. The van der Waals surface area contributed by atoms with Gasteiger partial charge in [0.05, 0.1) is 17.3 Å². The van der Waals surface area contributed by atoms with Gasteiger partial charge in [-0.1, -0.05) is 17.8 Å². The molecule has 1 aliphatic heterocycles. The van der Waals surface area contributed by atoms with Crippen molar-refractivity contribution in [2.24, 2.45) is 0 Å². The van der Waals surface area contributed by atoms with Crippen LogP contribution in [0.15, 0.2) is 17.8 Å². The Bertz CT molecular complexity index is 1020. The lowest BCUT2D eigenvalue weighted by Crippen LogP contribution is -2.42. The zero-order valence-electron chi connectivity index (χ0n) is 17.0. The van der Waals surface area contributed by atoms with Gasteiger partial charge in [-0.25, -0.2) is 12.8 Å². The van der Waals surface area contributed by atoms with E-state index in [-0.39, 0.29) is 29.2 Å². The van der Waals surface area contributed by atoms with Crippen LogP contribution in [0.4, 0.5) is 11.9 Å². The molecule has 1 saturated heterocycles. The van der Waals surface area contributed by atoms with Crippen molar-refractivity contribution in [2.75, 3.05) is 47.5 Å². The number of amides is 1. The highest BCUT2D eigenvalue weighted by Gasteiger charge is 2.34. The minimum absolute atomic E-state index is 0.00325. The summed E-state index contributed by atoms with van der Waals surface area (Å²) >= 11 is 1.21. The zero-order chi connectivity index (χ0) is 21.7. The molecule has 1 unspecified atom stereocenters. The minimum atomic E-state index is -3.09. The number of carbonyl (C=O) groups excluding carboxylic acids is 1. The van der Waals surface area contributed by atoms with Gasteiger partial charge in [-0.15, -0.1) is 16.8 Å². The van der Waals surface area contributed by atoms with Crippen molar-refractivity contribution in [3.05, 3.63) is 12.7 Å². The Morgan fingerprint density at radius 3 is 2.70 bits per heavy atom. The van der Waals surface area contributed by atoms with Gasteiger partial charge in [0.1, 0.15) is 0 Å². The van der Waals surface area contributed by atoms with Crippen molar-refractivity contribution in [1.82, 2.24) is 29.5 Å². The number of hydrogen-bond acceptors (Lipinski definition) is 10. The van der Waals surface area contributed by atoms with Crippen molar-refractivity contribution < 1.29 is 13.2 Å². The van der Waals surface area contributed by atoms with Gasteiger partial charge < -0.3 is 15.5 Å². The van der Waals surface area contributed by atoms with Crippen molar-refractivity contribution in [3.63, 3.8) is 0 Å². The average Bonchev–Trinajstić information content (AvgIpc) is 3.27. The summed E-state index contributed by atoms with van der Waals surface area (Å²) in [7, 11) is -3.09. The van der Waals surface area contributed by atoms with Gasteiger partial charge in [0.2, 0.25) is 17.8 Å². The number of nitrogens with zero attached hydrogens (tertiary/aromatic N) is 6. The summed E-state index contributed by atoms with van der Waals surface area (Å²) in [6, 6.07) is -0.320. The Kier molecular flexibility index (Phi) is 7.13. The van der Waals surface area contributed by atoms with Gasteiger partial charge in [0.15, 0.2) is 15.0 Å². The van der Waals surface area contributed by atoms with Crippen molar-refractivity contribution in [1.29, 1.82) is 0 Å². The van der Waals surface area contributed by atoms with Crippen LogP contribution in [-0.4, -0.2) is 86.7 Å². The summed E-state index contributed by atoms with van der Waals surface area (Å²) in [4.78, 5) is 23.2. The second-order valence-electron chi connectivity index (χ2n) is 6.73. The molecule has 13 heteroatoms. The van der Waals surface area contributed by atoms with Crippen LogP contribution >= 0.6 is 11.8 Å². The molecule has 3 rings (SSSR count). The van der Waals surface area contributed by atoms with Crippen LogP contribution in [0.1, 0.15) is 20.3 Å². The van der Waals surface area contributed by atoms with Gasteiger partial charge in [-0.3, -0.25) is 4.79 Å². The first-order valence-electron chi connectivity index (χ1n) is 9.73. The number of thioether (sulfide) groups is 1. The van der Waals surface area contributed by atoms with E-state index in [4.69, 9.17) is 0 Å². The maximum Gasteiger partial charge on any atom is 0.261 e. The second kappa shape index (κ2) is 9.60. The quantitative estimate of drug-likeness (QED) is 0.390. The first kappa shape index (κ1) is 22.3. The molecule has 0 spiro atoms. The third-order valence-corrected chi connectivity index (χ3v) is 7.20. The number of fused-ring (bicyclic) bond motifs is 1. The number of sulfone groups is 1. The Hall–Kier alpha value is -2.41. The van der Waals surface area contributed by atoms with E-state index >= 15 is 0 Å². The predicted molar refractivity (Wildman–Crippen MR) is 117 cm³/mol. The summed E-state index contributed by atoms with van der Waals surface area (Å²) in [5, 5.41) is 15.0. The Labute approximate surface area is 179 Å². The minimum Gasteiger partial charge on any atom is -0.355 e. The number of hydrogen-bond donors (Lipinski definition) is 2. The topological polar surface area (TPSA) is 134 Å². The Morgan fingerprint density at radius 1 is 1.30 bits per heavy atom. The fraction of sp³-hybridized carbons (Fsp3) is 0.588. The molecule has 30 heavy (non-hydrogen) atoms. The molecule has 11 nitrogen and oxygen atoms in total. The van der Waals surface area contributed by atoms with Crippen LogP contribution in [0.2, 0.25) is 0 Å². The summed E-state index contributed by atoms with van der Waals surface area (Å²) in [5.74, 6) is 1.37. The second-order valence-corrected chi connectivity index (χ2v) is 9.90. The molecule has 2 aromatic rings. The Balaban J connectivity index is 1.78. The van der Waals surface area contributed by atoms with E-state index in [9.17, 15) is 13.2 Å². The summed E-state index contributed by atoms with van der Waals surface area (Å²) < 4.78 is 25.3. The summed E-state index contributed by atoms with van der Waals surface area (Å²) in [6.07, 6.45) is 2.06. The molecule has 0 aromatic carbocycles. The van der Waals surface area contributed by atoms with E-state index < -0.39 is 9.84 Å². The monoisotopic (exact) mass is 454 g/mol. The summed E-state index contributed by atoms with van der Waals surface area (Å²) in [5.41, 5.74) is 0. The normalized spacial score (nSPS) is 17.7. The van der Waals surface area contributed by atoms with Crippen LogP contribution in [0.25, 0.3) is 5.78 Å². The van der Waals surface area contributed by atoms with Gasteiger partial charge >= 0.3 is 0 Å². The molecule has 0 bridgehead atoms. The third-order valence-electron chi connectivity index (χ3n) is 4.54. The number of rotatable bonds is 10. The van der Waals surface area contributed by atoms with Gasteiger partial charge in [0, 0.05) is 25.7 Å². The molecule has 3 heterocycles. The fourth-order valence-corrected chi connectivity index (χ4v) is 5.77. The predicted octanol–water partition coefficient (Wildman–Crippen LogP) is 0.677. The van der Waals surface area contributed by atoms with Gasteiger partial charge in [-0.2, -0.15) is 9.97 Å². The highest BCUT2D eigenvalue weighted by Crippen LogP contribution is 2.23. The SMILES string of the molecule is C=CCN(C(=O)CSc1nnc2nc(NCC)nc(NCC)n12)C1CCS(=O)(=O)C1. The van der Waals surface area contributed by atoms with Crippen LogP contribution in [0, 0.1) is 0 Å². The molecule has 0 aliphatic carbocycles. The molecule has 1 atom stereocenters. The number of nitrogens with one attached hydrogen (secondary N) is 2. The molecule has 2 N–H and O–H groups in total. The number of aromatic nitrogens is 5. The molecular weight excluding hydrogens is 428 g/mol. The van der Waals surface area contributed by atoms with Crippen molar-refractivity contribution in [2.45, 2.75) is 31.5 Å². The zero-order valence-corrected chi connectivity index (χ0v) is 18.7. The molecule has 1 amide bonds. The van der Waals surface area contributed by atoms with Crippen LogP contribution in [0.3, 0.4) is 0 Å². The smallest absolute Gasteiger partial charge is 0.261 e. The highest BCUT2D eigenvalue weighted by atomic mass is 32.2. The standard InChI is InChI=1S/C17H26N8O3S2/c1-4-8-24(12-7-9-30(27,28)11-12)13(26)10-29-17-23-22-16-21-14(18-5-2)20-15(19-6-3)25(16)17/h4,12H,1,5-11H2,2-3H3,(H2,18,19,20,21,22). The average molecular weight is 455 g/mol.